The van der Waals surface area contributed by atoms with Gasteiger partial charge in [-0.1, -0.05) is 6.07 Å². The first-order chi connectivity index (χ1) is 11.1. The molecule has 0 atom stereocenters. The van der Waals surface area contributed by atoms with E-state index in [4.69, 9.17) is 9.47 Å². The fourth-order valence-corrected chi connectivity index (χ4v) is 2.50. The number of benzene rings is 2. The Morgan fingerprint density at radius 3 is 2.65 bits per heavy atom. The largest absolute Gasteiger partial charge is 0.493 e. The number of amides is 2. The maximum absolute atomic E-state index is 11.9. The zero-order valence-electron chi connectivity index (χ0n) is 12.8. The summed E-state index contributed by atoms with van der Waals surface area (Å²) in [6.45, 7) is 2.40. The molecule has 1 aliphatic heterocycles. The molecule has 2 aromatic rings. The Morgan fingerprint density at radius 2 is 1.91 bits per heavy atom. The minimum absolute atomic E-state index is 0.353. The first kappa shape index (κ1) is 14.9. The molecule has 2 N–H and O–H groups in total. The highest BCUT2D eigenvalue weighted by Gasteiger charge is 2.29. The molecular weight excluding hydrogens is 296 g/mol. The van der Waals surface area contributed by atoms with Gasteiger partial charge in [0, 0.05) is 11.8 Å². The van der Waals surface area contributed by atoms with Crippen molar-refractivity contribution in [2.45, 2.75) is 6.92 Å². The molecule has 0 unspecified atom stereocenters. The van der Waals surface area contributed by atoms with Gasteiger partial charge in [-0.25, -0.2) is 0 Å². The molecule has 0 saturated carbocycles. The number of carbonyl (C=O) groups excluding carboxylic acids is 2. The summed E-state index contributed by atoms with van der Waals surface area (Å²) in [5.41, 5.74) is 2.03. The van der Waals surface area contributed by atoms with Gasteiger partial charge in [-0.2, -0.15) is 0 Å². The smallest absolute Gasteiger partial charge is 0.261 e. The van der Waals surface area contributed by atoms with Crippen molar-refractivity contribution >= 4 is 23.2 Å². The number of hydrogen-bond donors (Lipinski definition) is 2. The molecule has 1 aliphatic rings. The summed E-state index contributed by atoms with van der Waals surface area (Å²) in [4.78, 5) is 23.6. The van der Waals surface area contributed by atoms with Gasteiger partial charge in [0.15, 0.2) is 11.5 Å². The van der Waals surface area contributed by atoms with E-state index < -0.39 is 5.91 Å². The molecule has 0 bridgehead atoms. The Bertz CT molecular complexity index is 786. The highest BCUT2D eigenvalue weighted by Crippen LogP contribution is 2.33. The van der Waals surface area contributed by atoms with Crippen LogP contribution in [0.2, 0.25) is 0 Å². The first-order valence-corrected chi connectivity index (χ1v) is 7.20. The number of imide groups is 1. The molecule has 0 aliphatic carbocycles. The number of anilines is 2. The Morgan fingerprint density at radius 1 is 1.09 bits per heavy atom. The van der Waals surface area contributed by atoms with Gasteiger partial charge in [0.05, 0.1) is 30.5 Å². The summed E-state index contributed by atoms with van der Waals surface area (Å²) >= 11 is 0. The second-order valence-electron chi connectivity index (χ2n) is 4.94. The van der Waals surface area contributed by atoms with Gasteiger partial charge in [-0.05, 0) is 31.2 Å². The summed E-state index contributed by atoms with van der Waals surface area (Å²) in [7, 11) is 1.57. The van der Waals surface area contributed by atoms with Crippen LogP contribution < -0.4 is 20.1 Å². The molecule has 0 fully saturated rings. The zero-order valence-corrected chi connectivity index (χ0v) is 12.8. The van der Waals surface area contributed by atoms with Crippen LogP contribution in [-0.2, 0) is 0 Å². The fraction of sp³-hybridized carbons (Fsp3) is 0.176. The van der Waals surface area contributed by atoms with Crippen LogP contribution in [0.3, 0.4) is 0 Å². The average Bonchev–Trinajstić information content (AvgIpc) is 2.84. The molecule has 0 spiro atoms. The van der Waals surface area contributed by atoms with Gasteiger partial charge < -0.3 is 14.8 Å². The van der Waals surface area contributed by atoms with Crippen LogP contribution >= 0.6 is 0 Å². The monoisotopic (exact) mass is 312 g/mol. The van der Waals surface area contributed by atoms with Crippen LogP contribution in [0.15, 0.2) is 36.4 Å². The lowest BCUT2D eigenvalue weighted by molar-refractivity contribution is 0.0880. The first-order valence-electron chi connectivity index (χ1n) is 7.20. The molecule has 3 rings (SSSR count). The van der Waals surface area contributed by atoms with Crippen molar-refractivity contribution in [1.29, 1.82) is 0 Å². The van der Waals surface area contributed by atoms with E-state index in [2.05, 4.69) is 10.6 Å². The van der Waals surface area contributed by atoms with Gasteiger partial charge in [-0.15, -0.1) is 0 Å². The predicted octanol–water partition coefficient (Wildman–Crippen LogP) is 2.72. The van der Waals surface area contributed by atoms with E-state index in [1.165, 1.54) is 0 Å². The number of hydrogen-bond acceptors (Lipinski definition) is 5. The second kappa shape index (κ2) is 6.00. The van der Waals surface area contributed by atoms with Crippen molar-refractivity contribution in [3.8, 4) is 11.5 Å². The van der Waals surface area contributed by atoms with E-state index >= 15 is 0 Å². The summed E-state index contributed by atoms with van der Waals surface area (Å²) in [6, 6.07) is 10.5. The summed E-state index contributed by atoms with van der Waals surface area (Å²) in [5, 5.41) is 5.45. The van der Waals surface area contributed by atoms with Crippen LogP contribution in [0.5, 0.6) is 11.5 Å². The highest BCUT2D eigenvalue weighted by molar-refractivity contribution is 6.24. The topological polar surface area (TPSA) is 76.7 Å². The predicted molar refractivity (Wildman–Crippen MR) is 85.7 cm³/mol. The minimum Gasteiger partial charge on any atom is -0.493 e. The van der Waals surface area contributed by atoms with Gasteiger partial charge in [-0.3, -0.25) is 14.9 Å². The van der Waals surface area contributed by atoms with Crippen LogP contribution in [-0.4, -0.2) is 25.5 Å². The SMILES string of the molecule is CCOc1cc(Nc2cccc3c2C(=O)NC3=O)ccc1OC. The van der Waals surface area contributed by atoms with Gasteiger partial charge >= 0.3 is 0 Å². The van der Waals surface area contributed by atoms with Crippen molar-refractivity contribution < 1.29 is 19.1 Å². The van der Waals surface area contributed by atoms with Crippen LogP contribution in [0, 0.1) is 0 Å². The molecule has 0 saturated heterocycles. The zero-order chi connectivity index (χ0) is 16.4. The molecule has 2 amide bonds. The lowest BCUT2D eigenvalue weighted by Crippen LogP contribution is -2.20. The number of rotatable bonds is 5. The van der Waals surface area contributed by atoms with Crippen molar-refractivity contribution in [3.63, 3.8) is 0 Å². The lowest BCUT2D eigenvalue weighted by atomic mass is 10.1. The average molecular weight is 312 g/mol. The van der Waals surface area contributed by atoms with Crippen molar-refractivity contribution in [3.05, 3.63) is 47.5 Å². The van der Waals surface area contributed by atoms with E-state index in [1.54, 1.807) is 37.4 Å². The minimum atomic E-state index is -0.397. The van der Waals surface area contributed by atoms with E-state index in [9.17, 15) is 9.59 Å². The van der Waals surface area contributed by atoms with E-state index in [0.717, 1.165) is 5.69 Å². The summed E-state index contributed by atoms with van der Waals surface area (Å²) in [5.74, 6) is 0.460. The van der Waals surface area contributed by atoms with Crippen LogP contribution in [0.1, 0.15) is 27.6 Å². The molecular formula is C17H16N2O4. The quantitative estimate of drug-likeness (QED) is 0.830. The molecule has 0 radical (unpaired) electrons. The standard InChI is InChI=1S/C17H16N2O4/c1-3-23-14-9-10(7-8-13(14)22-2)18-12-6-4-5-11-15(12)17(21)19-16(11)20/h4-9,18H,3H2,1-2H3,(H,19,20,21). The Kier molecular flexibility index (Phi) is 3.89. The normalized spacial score (nSPS) is 12.6. The van der Waals surface area contributed by atoms with Crippen molar-refractivity contribution in [2.24, 2.45) is 0 Å². The molecule has 23 heavy (non-hydrogen) atoms. The Balaban J connectivity index is 1.96. The highest BCUT2D eigenvalue weighted by atomic mass is 16.5. The van der Waals surface area contributed by atoms with Crippen molar-refractivity contribution in [1.82, 2.24) is 5.32 Å². The molecule has 118 valence electrons. The summed E-state index contributed by atoms with van der Waals surface area (Å²) in [6.07, 6.45) is 0. The molecule has 1 heterocycles. The Hall–Kier alpha value is -3.02. The third-order valence-corrected chi connectivity index (χ3v) is 3.51. The number of ether oxygens (including phenoxy) is 2. The van der Waals surface area contributed by atoms with Crippen LogP contribution in [0.4, 0.5) is 11.4 Å². The van der Waals surface area contributed by atoms with Crippen LogP contribution in [0.25, 0.3) is 0 Å². The second-order valence-corrected chi connectivity index (χ2v) is 4.94. The molecule has 2 aromatic carbocycles. The third-order valence-electron chi connectivity index (χ3n) is 3.51. The molecule has 0 aromatic heterocycles. The number of nitrogens with one attached hydrogen (secondary N) is 2. The van der Waals surface area contributed by atoms with E-state index in [1.807, 2.05) is 13.0 Å². The van der Waals surface area contributed by atoms with Gasteiger partial charge in [0.1, 0.15) is 0 Å². The van der Waals surface area contributed by atoms with Crippen molar-refractivity contribution in [2.75, 3.05) is 19.0 Å². The molecule has 6 heteroatoms. The number of methoxy groups -OCH3 is 1. The summed E-state index contributed by atoms with van der Waals surface area (Å²) < 4.78 is 10.8. The van der Waals surface area contributed by atoms with E-state index in [0.29, 0.717) is 34.9 Å². The maximum atomic E-state index is 11.9. The van der Waals surface area contributed by atoms with E-state index in [-0.39, 0.29) is 5.91 Å². The lowest BCUT2D eigenvalue weighted by Gasteiger charge is -2.13. The van der Waals surface area contributed by atoms with Gasteiger partial charge in [0.2, 0.25) is 0 Å². The number of carbonyl (C=O) groups is 2. The van der Waals surface area contributed by atoms with Gasteiger partial charge in [0.25, 0.3) is 11.8 Å². The Labute approximate surface area is 133 Å². The third kappa shape index (κ3) is 2.70. The molecule has 6 nitrogen and oxygen atoms in total. The maximum Gasteiger partial charge on any atom is 0.261 e. The fourth-order valence-electron chi connectivity index (χ4n) is 2.50. The number of fused-ring (bicyclic) bond motifs is 1.